The Bertz CT molecular complexity index is 881. The van der Waals surface area contributed by atoms with Crippen molar-refractivity contribution >= 4 is 17.1 Å². The van der Waals surface area contributed by atoms with Crippen LogP contribution in [0.4, 0.5) is 30.2 Å². The van der Waals surface area contributed by atoms with Crippen LogP contribution < -0.4 is 10.6 Å². The average Bonchev–Trinajstić information content (AvgIpc) is 2.66. The fourth-order valence-electron chi connectivity index (χ4n) is 6.72. The molecule has 0 spiro atoms. The maximum atomic E-state index is 13.5. The van der Waals surface area contributed by atoms with Gasteiger partial charge in [-0.2, -0.15) is 13.2 Å². The van der Waals surface area contributed by atoms with Gasteiger partial charge in [-0.1, -0.05) is 12.1 Å². The first-order chi connectivity index (χ1) is 13.7. The summed E-state index contributed by atoms with van der Waals surface area (Å²) in [5.41, 5.74) is 7.57. The quantitative estimate of drug-likeness (QED) is 0.594. The lowest BCUT2D eigenvalue weighted by Gasteiger charge is -2.57. The zero-order valence-electron chi connectivity index (χ0n) is 16.7. The summed E-state index contributed by atoms with van der Waals surface area (Å²) in [4.78, 5) is 1.60. The first kappa shape index (κ1) is 18.8. The summed E-state index contributed by atoms with van der Waals surface area (Å²) < 4.78 is 40.5. The highest BCUT2D eigenvalue weighted by atomic mass is 19.4. The molecule has 0 heterocycles. The van der Waals surface area contributed by atoms with Crippen molar-refractivity contribution in [2.24, 2.45) is 17.8 Å². The van der Waals surface area contributed by atoms with Crippen LogP contribution in [0.1, 0.15) is 49.7 Å². The molecule has 0 radical (unpaired) electrons. The molecule has 2 aromatic carbocycles. The molecular weight excluding hydrogens is 373 g/mol. The molecule has 29 heavy (non-hydrogen) atoms. The molecule has 2 aromatic rings. The SMILES string of the molecule is CN(c1ccc(C23CC4CC(CC(C4)C2)C3)cc1)c1ccc(N)cc1C(F)(F)F. The summed E-state index contributed by atoms with van der Waals surface area (Å²) in [6.07, 6.45) is 3.60. The van der Waals surface area contributed by atoms with Crippen LogP contribution in [0, 0.1) is 17.8 Å². The summed E-state index contributed by atoms with van der Waals surface area (Å²) in [7, 11) is 1.68. The summed E-state index contributed by atoms with van der Waals surface area (Å²) in [5.74, 6) is 2.60. The van der Waals surface area contributed by atoms with Crippen molar-refractivity contribution in [1.29, 1.82) is 0 Å². The van der Waals surface area contributed by atoms with E-state index in [9.17, 15) is 13.2 Å². The predicted octanol–water partition coefficient (Wildman–Crippen LogP) is 6.52. The Morgan fingerprint density at radius 1 is 0.897 bits per heavy atom. The van der Waals surface area contributed by atoms with Crippen LogP contribution in [0.3, 0.4) is 0 Å². The zero-order chi connectivity index (χ0) is 20.4. The highest BCUT2D eigenvalue weighted by Crippen LogP contribution is 2.60. The van der Waals surface area contributed by atoms with Crippen molar-refractivity contribution in [3.05, 3.63) is 53.6 Å². The van der Waals surface area contributed by atoms with Crippen molar-refractivity contribution < 1.29 is 13.2 Å². The summed E-state index contributed by atoms with van der Waals surface area (Å²) in [5, 5.41) is 0. The Kier molecular flexibility index (Phi) is 4.17. The molecule has 4 aliphatic rings. The molecule has 0 unspecified atom stereocenters. The molecule has 0 aromatic heterocycles. The van der Waals surface area contributed by atoms with Gasteiger partial charge in [-0.15, -0.1) is 0 Å². The molecule has 154 valence electrons. The van der Waals surface area contributed by atoms with Gasteiger partial charge in [0, 0.05) is 18.4 Å². The summed E-state index contributed by atoms with van der Waals surface area (Å²) in [6.45, 7) is 0. The van der Waals surface area contributed by atoms with Crippen molar-refractivity contribution in [2.45, 2.75) is 50.1 Å². The van der Waals surface area contributed by atoms with Crippen LogP contribution in [0.15, 0.2) is 42.5 Å². The van der Waals surface area contributed by atoms with Crippen molar-refractivity contribution in [2.75, 3.05) is 17.7 Å². The summed E-state index contributed by atoms with van der Waals surface area (Å²) in [6, 6.07) is 12.2. The molecule has 2 nitrogen and oxygen atoms in total. The van der Waals surface area contributed by atoms with E-state index in [0.717, 1.165) is 29.5 Å². The standard InChI is InChI=1S/C24H27F3N2/c1-29(22-7-4-19(28)11-21(22)24(25,26)27)20-5-2-18(3-6-20)23-12-15-8-16(13-23)10-17(9-15)14-23/h2-7,11,15-17H,8-10,12-14,28H2,1H3. The number of nitrogen functional groups attached to an aromatic ring is 1. The van der Waals surface area contributed by atoms with Crippen LogP contribution >= 0.6 is 0 Å². The third kappa shape index (κ3) is 3.19. The van der Waals surface area contributed by atoms with Gasteiger partial charge in [0.15, 0.2) is 0 Å². The third-order valence-corrected chi connectivity index (χ3v) is 7.59. The maximum Gasteiger partial charge on any atom is 0.418 e. The first-order valence-electron chi connectivity index (χ1n) is 10.5. The predicted molar refractivity (Wildman–Crippen MR) is 110 cm³/mol. The number of halogens is 3. The van der Waals surface area contributed by atoms with Gasteiger partial charge in [0.1, 0.15) is 0 Å². The second-order valence-corrected chi connectivity index (χ2v) is 9.58. The molecule has 4 fully saturated rings. The number of rotatable bonds is 3. The van der Waals surface area contributed by atoms with E-state index in [2.05, 4.69) is 12.1 Å². The molecular formula is C24H27F3N2. The number of nitrogens with two attached hydrogens (primary N) is 1. The monoisotopic (exact) mass is 400 g/mol. The number of benzene rings is 2. The van der Waals surface area contributed by atoms with E-state index < -0.39 is 11.7 Å². The minimum atomic E-state index is -4.45. The second kappa shape index (κ2) is 6.41. The van der Waals surface area contributed by atoms with Gasteiger partial charge in [-0.05, 0) is 97.6 Å². The Balaban J connectivity index is 1.44. The highest BCUT2D eigenvalue weighted by molar-refractivity contribution is 5.69. The lowest BCUT2D eigenvalue weighted by molar-refractivity contribution is -0.137. The van der Waals surface area contributed by atoms with Crippen molar-refractivity contribution in [3.63, 3.8) is 0 Å². The molecule has 0 aliphatic heterocycles. The van der Waals surface area contributed by atoms with Gasteiger partial charge in [0.25, 0.3) is 0 Å². The average molecular weight is 400 g/mol. The number of hydrogen-bond donors (Lipinski definition) is 1. The van der Waals surface area contributed by atoms with Gasteiger partial charge < -0.3 is 10.6 Å². The smallest absolute Gasteiger partial charge is 0.399 e. The van der Waals surface area contributed by atoms with E-state index >= 15 is 0 Å². The largest absolute Gasteiger partial charge is 0.418 e. The minimum absolute atomic E-state index is 0.117. The van der Waals surface area contributed by atoms with Crippen molar-refractivity contribution in [1.82, 2.24) is 0 Å². The Labute approximate surface area is 169 Å². The fraction of sp³-hybridized carbons (Fsp3) is 0.500. The van der Waals surface area contributed by atoms with Gasteiger partial charge in [0.05, 0.1) is 11.3 Å². The molecule has 0 amide bonds. The van der Waals surface area contributed by atoms with Crippen LogP contribution in [0.2, 0.25) is 0 Å². The molecule has 4 saturated carbocycles. The van der Waals surface area contributed by atoms with Crippen LogP contribution in [-0.2, 0) is 11.6 Å². The fourth-order valence-corrected chi connectivity index (χ4v) is 6.72. The third-order valence-electron chi connectivity index (χ3n) is 7.59. The lowest BCUT2D eigenvalue weighted by Crippen LogP contribution is -2.48. The van der Waals surface area contributed by atoms with Crippen molar-refractivity contribution in [3.8, 4) is 0 Å². The van der Waals surface area contributed by atoms with E-state index in [1.54, 1.807) is 11.9 Å². The van der Waals surface area contributed by atoms with E-state index in [1.165, 1.54) is 56.2 Å². The van der Waals surface area contributed by atoms with E-state index in [-0.39, 0.29) is 11.4 Å². The number of hydrogen-bond acceptors (Lipinski definition) is 2. The maximum absolute atomic E-state index is 13.5. The molecule has 0 atom stereocenters. The zero-order valence-corrected chi connectivity index (χ0v) is 16.7. The van der Waals surface area contributed by atoms with Gasteiger partial charge in [-0.3, -0.25) is 0 Å². The van der Waals surface area contributed by atoms with E-state index in [4.69, 9.17) is 5.73 Å². The molecule has 0 saturated heterocycles. The van der Waals surface area contributed by atoms with Crippen LogP contribution in [-0.4, -0.2) is 7.05 Å². The Hall–Kier alpha value is -2.17. The van der Waals surface area contributed by atoms with Gasteiger partial charge in [0.2, 0.25) is 0 Å². The van der Waals surface area contributed by atoms with Gasteiger partial charge >= 0.3 is 6.18 Å². The van der Waals surface area contributed by atoms with Crippen LogP contribution in [0.5, 0.6) is 0 Å². The molecule has 4 bridgehead atoms. The van der Waals surface area contributed by atoms with Gasteiger partial charge in [-0.25, -0.2) is 0 Å². The second-order valence-electron chi connectivity index (χ2n) is 9.58. The molecule has 6 rings (SSSR count). The Morgan fingerprint density at radius 2 is 1.45 bits per heavy atom. The first-order valence-corrected chi connectivity index (χ1v) is 10.5. The molecule has 2 N–H and O–H groups in total. The van der Waals surface area contributed by atoms with E-state index in [1.807, 2.05) is 12.1 Å². The number of nitrogens with zero attached hydrogens (tertiary/aromatic N) is 1. The van der Waals surface area contributed by atoms with E-state index in [0.29, 0.717) is 5.41 Å². The summed E-state index contributed by atoms with van der Waals surface area (Å²) >= 11 is 0. The topological polar surface area (TPSA) is 29.3 Å². The lowest BCUT2D eigenvalue weighted by atomic mass is 9.48. The number of alkyl halides is 3. The minimum Gasteiger partial charge on any atom is -0.399 e. The van der Waals surface area contributed by atoms with Crippen LogP contribution in [0.25, 0.3) is 0 Å². The normalized spacial score (nSPS) is 30.6. The highest BCUT2D eigenvalue weighted by Gasteiger charge is 2.51. The molecule has 5 heteroatoms. The Morgan fingerprint density at radius 3 is 1.97 bits per heavy atom. The molecule has 4 aliphatic carbocycles. The number of anilines is 3.